The Morgan fingerprint density at radius 3 is 2.56 bits per heavy atom. The first-order valence-corrected chi connectivity index (χ1v) is 9.59. The molecule has 0 saturated carbocycles. The summed E-state index contributed by atoms with van der Waals surface area (Å²) in [5.74, 6) is -0.269. The van der Waals surface area contributed by atoms with E-state index in [0.717, 1.165) is 0 Å². The normalized spacial score (nSPS) is 11.3. The maximum absolute atomic E-state index is 12.3. The predicted molar refractivity (Wildman–Crippen MR) is 101 cm³/mol. The molecule has 0 aliphatic rings. The van der Waals surface area contributed by atoms with Crippen LogP contribution < -0.4 is 20.9 Å². The number of thioether (sulfide) groups is 1. The van der Waals surface area contributed by atoms with Crippen molar-refractivity contribution >= 4 is 29.5 Å². The number of carbonyl (C=O) groups excluding carboxylic acids is 3. The van der Waals surface area contributed by atoms with Crippen LogP contribution in [0.15, 0.2) is 53.1 Å². The van der Waals surface area contributed by atoms with Gasteiger partial charge in [0.25, 0.3) is 11.8 Å². The van der Waals surface area contributed by atoms with Gasteiger partial charge in [-0.3, -0.25) is 25.2 Å². The van der Waals surface area contributed by atoms with Gasteiger partial charge in [0.15, 0.2) is 12.4 Å². The van der Waals surface area contributed by atoms with Gasteiger partial charge in [-0.1, -0.05) is 18.2 Å². The molecule has 1 heterocycles. The standard InChI is InChI=1S/C18H21N3O5S/c1-27-11-9-14(17(23)20-21-18(24)15-8-5-10-25-15)19-16(22)12-26-13-6-3-2-4-7-13/h2-8,10,14H,9,11-12H2,1H3,(H,19,22)(H,20,23)(H,21,24)/t14-/m0/s1. The van der Waals surface area contributed by atoms with Gasteiger partial charge in [0.1, 0.15) is 11.8 Å². The Balaban J connectivity index is 1.83. The lowest BCUT2D eigenvalue weighted by molar-refractivity contribution is -0.130. The summed E-state index contributed by atoms with van der Waals surface area (Å²) in [5.41, 5.74) is 4.55. The molecule has 27 heavy (non-hydrogen) atoms. The topological polar surface area (TPSA) is 110 Å². The zero-order valence-electron chi connectivity index (χ0n) is 14.8. The molecule has 2 aromatic rings. The predicted octanol–water partition coefficient (Wildman–Crippen LogP) is 1.36. The Morgan fingerprint density at radius 1 is 1.11 bits per heavy atom. The summed E-state index contributed by atoms with van der Waals surface area (Å²) in [7, 11) is 0. The van der Waals surface area contributed by atoms with E-state index in [9.17, 15) is 14.4 Å². The Hall–Kier alpha value is -2.94. The van der Waals surface area contributed by atoms with Crippen LogP contribution in [0, 0.1) is 0 Å². The summed E-state index contributed by atoms with van der Waals surface area (Å²) in [5, 5.41) is 2.62. The minimum absolute atomic E-state index is 0.0660. The zero-order valence-corrected chi connectivity index (χ0v) is 15.6. The second kappa shape index (κ2) is 10.9. The third-order valence-electron chi connectivity index (χ3n) is 3.42. The quantitative estimate of drug-likeness (QED) is 0.557. The number of para-hydroxylation sites is 1. The number of hydrogen-bond donors (Lipinski definition) is 3. The van der Waals surface area contributed by atoms with Crippen molar-refractivity contribution in [2.75, 3.05) is 18.6 Å². The fraction of sp³-hybridized carbons (Fsp3) is 0.278. The van der Waals surface area contributed by atoms with E-state index in [1.54, 1.807) is 42.1 Å². The molecule has 0 bridgehead atoms. The summed E-state index contributed by atoms with van der Waals surface area (Å²) < 4.78 is 10.3. The Morgan fingerprint density at radius 2 is 1.89 bits per heavy atom. The highest BCUT2D eigenvalue weighted by molar-refractivity contribution is 7.98. The molecule has 8 nitrogen and oxygen atoms in total. The van der Waals surface area contributed by atoms with Crippen molar-refractivity contribution in [3.05, 3.63) is 54.5 Å². The van der Waals surface area contributed by atoms with Crippen molar-refractivity contribution in [2.45, 2.75) is 12.5 Å². The molecule has 0 unspecified atom stereocenters. The maximum Gasteiger partial charge on any atom is 0.305 e. The van der Waals surface area contributed by atoms with Crippen molar-refractivity contribution in [3.63, 3.8) is 0 Å². The summed E-state index contributed by atoms with van der Waals surface area (Å²) in [6, 6.07) is 11.1. The van der Waals surface area contributed by atoms with Crippen molar-refractivity contribution in [2.24, 2.45) is 0 Å². The highest BCUT2D eigenvalue weighted by atomic mass is 32.2. The number of nitrogens with one attached hydrogen (secondary N) is 3. The summed E-state index contributed by atoms with van der Waals surface area (Å²) in [6.45, 7) is -0.216. The van der Waals surface area contributed by atoms with Gasteiger partial charge in [0, 0.05) is 0 Å². The molecule has 0 spiro atoms. The molecule has 0 aliphatic heterocycles. The molecular formula is C18H21N3O5S. The first-order valence-electron chi connectivity index (χ1n) is 8.20. The highest BCUT2D eigenvalue weighted by Crippen LogP contribution is 2.08. The molecule has 3 N–H and O–H groups in total. The highest BCUT2D eigenvalue weighted by Gasteiger charge is 2.21. The van der Waals surface area contributed by atoms with Gasteiger partial charge in [-0.25, -0.2) is 0 Å². The van der Waals surface area contributed by atoms with Gasteiger partial charge in [0.2, 0.25) is 0 Å². The molecule has 1 atom stereocenters. The molecule has 0 radical (unpaired) electrons. The van der Waals surface area contributed by atoms with E-state index in [2.05, 4.69) is 16.2 Å². The summed E-state index contributed by atoms with van der Waals surface area (Å²) >= 11 is 1.54. The van der Waals surface area contributed by atoms with E-state index in [1.807, 2.05) is 12.3 Å². The summed E-state index contributed by atoms with van der Waals surface area (Å²) in [6.07, 6.45) is 3.65. The van der Waals surface area contributed by atoms with E-state index in [0.29, 0.717) is 17.9 Å². The molecule has 144 valence electrons. The van der Waals surface area contributed by atoms with Crippen LogP contribution in [-0.2, 0) is 9.59 Å². The second-order valence-corrected chi connectivity index (χ2v) is 6.41. The van der Waals surface area contributed by atoms with Crippen molar-refractivity contribution in [3.8, 4) is 5.75 Å². The number of hydrogen-bond acceptors (Lipinski definition) is 6. The molecule has 3 amide bonds. The number of amides is 3. The Labute approximate surface area is 161 Å². The molecule has 0 fully saturated rings. The third-order valence-corrected chi connectivity index (χ3v) is 4.06. The molecule has 2 rings (SSSR count). The maximum atomic E-state index is 12.3. The van der Waals surface area contributed by atoms with Crippen LogP contribution in [0.25, 0.3) is 0 Å². The number of furan rings is 1. The molecule has 1 aromatic heterocycles. The van der Waals surface area contributed by atoms with E-state index in [4.69, 9.17) is 9.15 Å². The van der Waals surface area contributed by atoms with Gasteiger partial charge in [-0.05, 0) is 42.7 Å². The first-order chi connectivity index (χ1) is 13.1. The Kier molecular flexibility index (Phi) is 8.24. The number of rotatable bonds is 9. The minimum Gasteiger partial charge on any atom is -0.484 e. The molecule has 0 saturated heterocycles. The fourth-order valence-corrected chi connectivity index (χ4v) is 2.55. The van der Waals surface area contributed by atoms with Crippen LogP contribution in [0.4, 0.5) is 0 Å². The number of ether oxygens (including phenoxy) is 1. The van der Waals surface area contributed by atoms with Crippen LogP contribution in [-0.4, -0.2) is 42.4 Å². The molecule has 0 aliphatic carbocycles. The Bertz CT molecular complexity index is 737. The van der Waals surface area contributed by atoms with Crippen LogP contribution in [0.1, 0.15) is 17.0 Å². The average Bonchev–Trinajstić information content (AvgIpc) is 3.23. The third kappa shape index (κ3) is 7.06. The van der Waals surface area contributed by atoms with E-state index < -0.39 is 23.8 Å². The lowest BCUT2D eigenvalue weighted by Gasteiger charge is -2.18. The van der Waals surface area contributed by atoms with Crippen LogP contribution in [0.3, 0.4) is 0 Å². The van der Waals surface area contributed by atoms with Crippen LogP contribution >= 0.6 is 11.8 Å². The minimum atomic E-state index is -0.804. The van der Waals surface area contributed by atoms with Gasteiger partial charge < -0.3 is 14.5 Å². The smallest absolute Gasteiger partial charge is 0.305 e. The van der Waals surface area contributed by atoms with Gasteiger partial charge in [0.05, 0.1) is 6.26 Å². The van der Waals surface area contributed by atoms with Crippen molar-refractivity contribution in [1.82, 2.24) is 16.2 Å². The van der Waals surface area contributed by atoms with Crippen molar-refractivity contribution < 1.29 is 23.5 Å². The monoisotopic (exact) mass is 391 g/mol. The molecule has 9 heteroatoms. The van der Waals surface area contributed by atoms with Gasteiger partial charge >= 0.3 is 5.91 Å². The fourth-order valence-electron chi connectivity index (χ4n) is 2.08. The van der Waals surface area contributed by atoms with E-state index in [1.165, 1.54) is 12.3 Å². The lowest BCUT2D eigenvalue weighted by atomic mass is 10.2. The molecular weight excluding hydrogens is 370 g/mol. The second-order valence-electron chi connectivity index (χ2n) is 5.42. The van der Waals surface area contributed by atoms with Crippen LogP contribution in [0.2, 0.25) is 0 Å². The number of benzene rings is 1. The average molecular weight is 391 g/mol. The van der Waals surface area contributed by atoms with E-state index in [-0.39, 0.29) is 12.4 Å². The largest absolute Gasteiger partial charge is 0.484 e. The van der Waals surface area contributed by atoms with Gasteiger partial charge in [-0.15, -0.1) is 0 Å². The first kappa shape index (κ1) is 20.4. The number of carbonyl (C=O) groups is 3. The number of hydrazine groups is 1. The lowest BCUT2D eigenvalue weighted by Crippen LogP contribution is -2.53. The zero-order chi connectivity index (χ0) is 19.5. The molecule has 1 aromatic carbocycles. The van der Waals surface area contributed by atoms with Gasteiger partial charge in [-0.2, -0.15) is 11.8 Å². The summed E-state index contributed by atoms with van der Waals surface area (Å²) in [4.78, 5) is 36.2. The van der Waals surface area contributed by atoms with Crippen LogP contribution in [0.5, 0.6) is 5.75 Å². The van der Waals surface area contributed by atoms with Crippen molar-refractivity contribution in [1.29, 1.82) is 0 Å². The van der Waals surface area contributed by atoms with E-state index >= 15 is 0 Å². The SMILES string of the molecule is CSCC[C@H](NC(=O)COc1ccccc1)C(=O)NNC(=O)c1ccco1.